The number of urea groups is 2. The van der Waals surface area contributed by atoms with Crippen molar-refractivity contribution in [1.29, 1.82) is 0 Å². The van der Waals surface area contributed by atoms with Crippen LogP contribution in [0.1, 0.15) is 39.7 Å². The van der Waals surface area contributed by atoms with Crippen LogP contribution in [-0.4, -0.2) is 53.5 Å². The standard InChI is InChI=1S/C20H28N4O5/c1-19(2,3)22-17(27)21-15(25)12-24-16(26)20(4,23-18(24)28)11-10-13-6-8-14(29-5)9-7-13/h6-9H,10-12H2,1-5H3,(H,23,28)(H2,21,22,25,27)/t20-/m1/s1. The highest BCUT2D eigenvalue weighted by Crippen LogP contribution is 2.24. The van der Waals surface area contributed by atoms with Crippen LogP contribution in [-0.2, 0) is 16.0 Å². The van der Waals surface area contributed by atoms with Crippen molar-refractivity contribution in [3.8, 4) is 5.75 Å². The van der Waals surface area contributed by atoms with Gasteiger partial charge in [-0.05, 0) is 58.2 Å². The second-order valence-corrected chi connectivity index (χ2v) is 8.25. The fraction of sp³-hybridized carbons (Fsp3) is 0.500. The van der Waals surface area contributed by atoms with Crippen molar-refractivity contribution in [3.63, 3.8) is 0 Å². The summed E-state index contributed by atoms with van der Waals surface area (Å²) in [4.78, 5) is 49.7. The summed E-state index contributed by atoms with van der Waals surface area (Å²) < 4.78 is 5.12. The molecule has 1 aliphatic heterocycles. The summed E-state index contributed by atoms with van der Waals surface area (Å²) >= 11 is 0. The van der Waals surface area contributed by atoms with E-state index in [4.69, 9.17) is 4.74 Å². The lowest BCUT2D eigenvalue weighted by atomic mass is 9.93. The maximum atomic E-state index is 12.8. The third-order valence-electron chi connectivity index (χ3n) is 4.46. The van der Waals surface area contributed by atoms with Gasteiger partial charge in [0.2, 0.25) is 5.91 Å². The van der Waals surface area contributed by atoms with Crippen molar-refractivity contribution in [2.45, 2.75) is 51.6 Å². The van der Waals surface area contributed by atoms with Crippen molar-refractivity contribution in [2.75, 3.05) is 13.7 Å². The molecule has 29 heavy (non-hydrogen) atoms. The van der Waals surface area contributed by atoms with Gasteiger partial charge >= 0.3 is 12.1 Å². The van der Waals surface area contributed by atoms with Gasteiger partial charge in [0.1, 0.15) is 17.8 Å². The second kappa shape index (κ2) is 8.50. The van der Waals surface area contributed by atoms with E-state index in [0.717, 1.165) is 16.2 Å². The summed E-state index contributed by atoms with van der Waals surface area (Å²) in [5.74, 6) is -0.505. The third-order valence-corrected chi connectivity index (χ3v) is 4.46. The first-order valence-corrected chi connectivity index (χ1v) is 9.32. The van der Waals surface area contributed by atoms with Crippen LogP contribution in [0.5, 0.6) is 5.75 Å². The number of rotatable bonds is 6. The lowest BCUT2D eigenvalue weighted by Crippen LogP contribution is -2.51. The minimum Gasteiger partial charge on any atom is -0.497 e. The molecule has 9 nitrogen and oxygen atoms in total. The Morgan fingerprint density at radius 3 is 2.34 bits per heavy atom. The molecule has 1 aromatic rings. The lowest BCUT2D eigenvalue weighted by Gasteiger charge is -2.22. The predicted molar refractivity (Wildman–Crippen MR) is 106 cm³/mol. The first kappa shape index (κ1) is 22.2. The number of carbonyl (C=O) groups excluding carboxylic acids is 4. The predicted octanol–water partition coefficient (Wildman–Crippen LogP) is 1.56. The molecule has 0 saturated carbocycles. The molecule has 0 spiro atoms. The van der Waals surface area contributed by atoms with Crippen LogP contribution in [0.4, 0.5) is 9.59 Å². The Morgan fingerprint density at radius 1 is 1.17 bits per heavy atom. The van der Waals surface area contributed by atoms with E-state index in [-0.39, 0.29) is 0 Å². The van der Waals surface area contributed by atoms with E-state index >= 15 is 0 Å². The Kier molecular flexibility index (Phi) is 6.51. The van der Waals surface area contributed by atoms with E-state index < -0.39 is 41.5 Å². The van der Waals surface area contributed by atoms with Gasteiger partial charge in [0.05, 0.1) is 7.11 Å². The summed E-state index contributed by atoms with van der Waals surface area (Å²) in [7, 11) is 1.58. The zero-order valence-electron chi connectivity index (χ0n) is 17.4. The molecular weight excluding hydrogens is 376 g/mol. The highest BCUT2D eigenvalue weighted by atomic mass is 16.5. The summed E-state index contributed by atoms with van der Waals surface area (Å²) in [5, 5.41) is 7.35. The van der Waals surface area contributed by atoms with Crippen molar-refractivity contribution in [1.82, 2.24) is 20.9 Å². The van der Waals surface area contributed by atoms with Gasteiger partial charge in [0.25, 0.3) is 5.91 Å². The number of hydrogen-bond acceptors (Lipinski definition) is 5. The Bertz CT molecular complexity index is 800. The van der Waals surface area contributed by atoms with Gasteiger partial charge in [-0.1, -0.05) is 12.1 Å². The van der Waals surface area contributed by atoms with Crippen LogP contribution in [0, 0.1) is 0 Å². The van der Waals surface area contributed by atoms with E-state index in [0.29, 0.717) is 12.8 Å². The Labute approximate surface area is 170 Å². The van der Waals surface area contributed by atoms with Gasteiger partial charge in [0.15, 0.2) is 0 Å². The topological polar surface area (TPSA) is 117 Å². The molecule has 0 unspecified atom stereocenters. The zero-order chi connectivity index (χ0) is 21.8. The number of nitrogens with zero attached hydrogens (tertiary/aromatic N) is 1. The molecule has 1 saturated heterocycles. The second-order valence-electron chi connectivity index (χ2n) is 8.25. The third kappa shape index (κ3) is 5.94. The number of aryl methyl sites for hydroxylation is 1. The minimum absolute atomic E-state index is 0.368. The van der Waals surface area contributed by atoms with Crippen LogP contribution >= 0.6 is 0 Å². The average Bonchev–Trinajstić information content (AvgIpc) is 2.82. The molecule has 0 bridgehead atoms. The molecule has 1 aromatic carbocycles. The molecule has 1 heterocycles. The molecule has 2 rings (SSSR count). The molecule has 158 valence electrons. The van der Waals surface area contributed by atoms with Gasteiger partial charge in [0, 0.05) is 5.54 Å². The van der Waals surface area contributed by atoms with Gasteiger partial charge in [-0.25, -0.2) is 9.59 Å². The fourth-order valence-corrected chi connectivity index (χ4v) is 2.93. The molecule has 3 N–H and O–H groups in total. The normalized spacial score (nSPS) is 19.0. The van der Waals surface area contributed by atoms with E-state index in [1.54, 1.807) is 34.8 Å². The van der Waals surface area contributed by atoms with E-state index in [1.165, 1.54) is 0 Å². The van der Waals surface area contributed by atoms with Crippen molar-refractivity contribution in [2.24, 2.45) is 0 Å². The van der Waals surface area contributed by atoms with Crippen LogP contribution < -0.4 is 20.7 Å². The summed E-state index contributed by atoms with van der Waals surface area (Å²) in [5.41, 5.74) is -0.653. The molecular formula is C20H28N4O5. The van der Waals surface area contributed by atoms with E-state index in [2.05, 4.69) is 16.0 Å². The van der Waals surface area contributed by atoms with Crippen LogP contribution in [0.15, 0.2) is 24.3 Å². The number of benzene rings is 1. The Balaban J connectivity index is 1.94. The smallest absolute Gasteiger partial charge is 0.325 e. The van der Waals surface area contributed by atoms with Gasteiger partial charge in [-0.15, -0.1) is 0 Å². The van der Waals surface area contributed by atoms with E-state index in [9.17, 15) is 19.2 Å². The van der Waals surface area contributed by atoms with Gasteiger partial charge in [-0.2, -0.15) is 0 Å². The molecule has 0 aliphatic carbocycles. The highest BCUT2D eigenvalue weighted by molar-refractivity contribution is 6.09. The molecule has 1 aliphatic rings. The number of hydrogen-bond donors (Lipinski definition) is 3. The Hall–Kier alpha value is -3.10. The van der Waals surface area contributed by atoms with Crippen LogP contribution in [0.2, 0.25) is 0 Å². The highest BCUT2D eigenvalue weighted by Gasteiger charge is 2.47. The average molecular weight is 404 g/mol. The number of imide groups is 2. The molecule has 9 heteroatoms. The van der Waals surface area contributed by atoms with Crippen molar-refractivity contribution < 1.29 is 23.9 Å². The summed E-state index contributed by atoms with van der Waals surface area (Å²) in [6.45, 7) is 6.40. The molecule has 1 atom stereocenters. The number of methoxy groups -OCH3 is 1. The largest absolute Gasteiger partial charge is 0.497 e. The first-order valence-electron chi connectivity index (χ1n) is 9.32. The van der Waals surface area contributed by atoms with Gasteiger partial charge < -0.3 is 15.4 Å². The monoisotopic (exact) mass is 404 g/mol. The van der Waals surface area contributed by atoms with E-state index in [1.807, 2.05) is 24.3 Å². The Morgan fingerprint density at radius 2 is 1.79 bits per heavy atom. The lowest BCUT2D eigenvalue weighted by molar-refractivity contribution is -0.134. The van der Waals surface area contributed by atoms with Crippen molar-refractivity contribution in [3.05, 3.63) is 29.8 Å². The number of nitrogens with one attached hydrogen (secondary N) is 3. The SMILES string of the molecule is COc1ccc(CC[C@@]2(C)NC(=O)N(CC(=O)NC(=O)NC(C)(C)C)C2=O)cc1. The quantitative estimate of drug-likeness (QED) is 0.622. The summed E-state index contributed by atoms with van der Waals surface area (Å²) in [6.07, 6.45) is 0.924. The molecule has 0 aromatic heterocycles. The summed E-state index contributed by atoms with van der Waals surface area (Å²) in [6, 6.07) is 6.10. The molecule has 1 fully saturated rings. The molecule has 0 radical (unpaired) electrons. The zero-order valence-corrected chi connectivity index (χ0v) is 17.4. The molecule has 6 amide bonds. The maximum Gasteiger partial charge on any atom is 0.325 e. The maximum absolute atomic E-state index is 12.8. The first-order chi connectivity index (χ1) is 13.4. The minimum atomic E-state index is -1.12. The number of amides is 6. The number of carbonyl (C=O) groups is 4. The van der Waals surface area contributed by atoms with Gasteiger partial charge in [-0.3, -0.25) is 19.8 Å². The fourth-order valence-electron chi connectivity index (χ4n) is 2.93. The van der Waals surface area contributed by atoms with Crippen LogP contribution in [0.3, 0.4) is 0 Å². The van der Waals surface area contributed by atoms with Crippen LogP contribution in [0.25, 0.3) is 0 Å². The number of ether oxygens (including phenoxy) is 1. The van der Waals surface area contributed by atoms with Crippen molar-refractivity contribution >= 4 is 23.9 Å².